The minimum Gasteiger partial charge on any atom is -0.212 e. The molecule has 0 N–H and O–H groups in total. The van der Waals surface area contributed by atoms with Gasteiger partial charge in [0, 0.05) is 13.6 Å². The van der Waals surface area contributed by atoms with Crippen molar-refractivity contribution in [3.8, 4) is 6.07 Å². The van der Waals surface area contributed by atoms with E-state index in [0.29, 0.717) is 11.1 Å². The molecule has 4 nitrogen and oxygen atoms in total. The van der Waals surface area contributed by atoms with Crippen LogP contribution in [0.1, 0.15) is 22.3 Å². The lowest BCUT2D eigenvalue weighted by Crippen LogP contribution is -2.28. The second kappa shape index (κ2) is 7.25. The van der Waals surface area contributed by atoms with Gasteiger partial charge in [0.25, 0.3) is 0 Å². The highest BCUT2D eigenvalue weighted by atomic mass is 32.2. The normalized spacial score (nSPS) is 12.2. The molecule has 132 valence electrons. The average Bonchev–Trinajstić information content (AvgIpc) is 2.54. The summed E-state index contributed by atoms with van der Waals surface area (Å²) in [6, 6.07) is 12.9. The van der Waals surface area contributed by atoms with E-state index < -0.39 is 34.1 Å². The maximum absolute atomic E-state index is 13.0. The van der Waals surface area contributed by atoms with Crippen LogP contribution in [0.2, 0.25) is 0 Å². The molecule has 0 unspecified atom stereocenters. The Morgan fingerprint density at radius 2 is 1.80 bits per heavy atom. The van der Waals surface area contributed by atoms with Crippen LogP contribution in [0.25, 0.3) is 0 Å². The molecule has 0 aliphatic heterocycles. The molecule has 8 heteroatoms. The Kier molecular flexibility index (Phi) is 5.50. The fraction of sp³-hybridized carbons (Fsp3) is 0.235. The molecule has 0 radical (unpaired) electrons. The zero-order valence-electron chi connectivity index (χ0n) is 13.3. The summed E-state index contributed by atoms with van der Waals surface area (Å²) in [6.07, 6.45) is -4.55. The Labute approximate surface area is 144 Å². The Morgan fingerprint density at radius 3 is 2.44 bits per heavy atom. The summed E-state index contributed by atoms with van der Waals surface area (Å²) in [5.74, 6) is -0.396. The third kappa shape index (κ3) is 4.81. The van der Waals surface area contributed by atoms with Crippen molar-refractivity contribution in [1.82, 2.24) is 4.31 Å². The van der Waals surface area contributed by atoms with E-state index in [9.17, 15) is 21.6 Å². The van der Waals surface area contributed by atoms with Crippen LogP contribution in [0, 0.1) is 11.3 Å². The number of benzene rings is 2. The van der Waals surface area contributed by atoms with Gasteiger partial charge in [-0.05, 0) is 29.3 Å². The Balaban J connectivity index is 2.23. The first-order valence-electron chi connectivity index (χ1n) is 7.21. The fourth-order valence-corrected chi connectivity index (χ4v) is 3.48. The lowest BCUT2D eigenvalue weighted by Gasteiger charge is -2.20. The summed E-state index contributed by atoms with van der Waals surface area (Å²) in [7, 11) is -2.61. The van der Waals surface area contributed by atoms with Crippen molar-refractivity contribution in [1.29, 1.82) is 5.26 Å². The van der Waals surface area contributed by atoms with Crippen LogP contribution in [-0.4, -0.2) is 19.8 Å². The molecule has 0 bridgehead atoms. The molecular formula is C17H15F3N2O2S. The van der Waals surface area contributed by atoms with Gasteiger partial charge in [-0.2, -0.15) is 18.4 Å². The van der Waals surface area contributed by atoms with Gasteiger partial charge in [-0.25, -0.2) is 12.7 Å². The molecule has 0 aliphatic carbocycles. The molecule has 0 heterocycles. The zero-order valence-corrected chi connectivity index (χ0v) is 14.1. The lowest BCUT2D eigenvalue weighted by atomic mass is 10.1. The summed E-state index contributed by atoms with van der Waals surface area (Å²) >= 11 is 0. The van der Waals surface area contributed by atoms with E-state index in [1.165, 1.54) is 31.3 Å². The van der Waals surface area contributed by atoms with Crippen molar-refractivity contribution >= 4 is 10.0 Å². The summed E-state index contributed by atoms with van der Waals surface area (Å²) < 4.78 is 64.8. The molecule has 25 heavy (non-hydrogen) atoms. The van der Waals surface area contributed by atoms with Gasteiger partial charge >= 0.3 is 6.18 Å². The first kappa shape index (κ1) is 19.0. The third-order valence-electron chi connectivity index (χ3n) is 3.60. The van der Waals surface area contributed by atoms with E-state index in [1.807, 2.05) is 6.07 Å². The largest absolute Gasteiger partial charge is 0.416 e. The molecular weight excluding hydrogens is 353 g/mol. The molecule has 2 aromatic rings. The van der Waals surface area contributed by atoms with Crippen LogP contribution in [0.5, 0.6) is 0 Å². The predicted octanol–water partition coefficient (Wildman–Crippen LogP) is 3.54. The van der Waals surface area contributed by atoms with E-state index in [-0.39, 0.29) is 5.56 Å². The number of alkyl halides is 3. The molecule has 0 saturated heterocycles. The topological polar surface area (TPSA) is 61.2 Å². The molecule has 0 amide bonds. The van der Waals surface area contributed by atoms with Gasteiger partial charge in [-0.15, -0.1) is 0 Å². The molecule has 0 fully saturated rings. The van der Waals surface area contributed by atoms with Gasteiger partial charge in [0.15, 0.2) is 0 Å². The van der Waals surface area contributed by atoms with Gasteiger partial charge in [-0.3, -0.25) is 0 Å². The molecule has 0 aromatic heterocycles. The van der Waals surface area contributed by atoms with Crippen LogP contribution in [-0.2, 0) is 28.5 Å². The number of hydrogen-bond acceptors (Lipinski definition) is 3. The second-order valence-electron chi connectivity index (χ2n) is 5.48. The van der Waals surface area contributed by atoms with Crippen molar-refractivity contribution in [2.24, 2.45) is 0 Å². The minimum atomic E-state index is -4.55. The van der Waals surface area contributed by atoms with Gasteiger partial charge in [0.05, 0.1) is 22.9 Å². The van der Waals surface area contributed by atoms with Crippen LogP contribution < -0.4 is 0 Å². The van der Waals surface area contributed by atoms with E-state index in [4.69, 9.17) is 5.26 Å². The standard InChI is InChI=1S/C17H15F3N2O2S/c1-22(11-15-7-2-3-8-16(15)17(18,19)20)25(23,24)12-14-6-4-5-13(9-14)10-21/h2-9H,11-12H2,1H3. The quantitative estimate of drug-likeness (QED) is 0.811. The molecule has 0 aliphatic rings. The molecule has 2 rings (SSSR count). The van der Waals surface area contributed by atoms with E-state index >= 15 is 0 Å². The summed E-state index contributed by atoms with van der Waals surface area (Å²) in [5, 5.41) is 8.85. The Morgan fingerprint density at radius 1 is 1.12 bits per heavy atom. The summed E-state index contributed by atoms with van der Waals surface area (Å²) in [6.45, 7) is -0.393. The highest BCUT2D eigenvalue weighted by Crippen LogP contribution is 2.32. The van der Waals surface area contributed by atoms with Crippen LogP contribution in [0.3, 0.4) is 0 Å². The van der Waals surface area contributed by atoms with Crippen molar-refractivity contribution in [3.05, 3.63) is 70.8 Å². The van der Waals surface area contributed by atoms with Crippen LogP contribution in [0.15, 0.2) is 48.5 Å². The van der Waals surface area contributed by atoms with E-state index in [0.717, 1.165) is 10.4 Å². The highest BCUT2D eigenvalue weighted by Gasteiger charge is 2.33. The maximum Gasteiger partial charge on any atom is 0.416 e. The number of halogens is 3. The smallest absolute Gasteiger partial charge is 0.212 e. The lowest BCUT2D eigenvalue weighted by molar-refractivity contribution is -0.138. The zero-order chi connectivity index (χ0) is 18.7. The maximum atomic E-state index is 13.0. The minimum absolute atomic E-state index is 0.119. The number of sulfonamides is 1. The number of nitrogens with zero attached hydrogens (tertiary/aromatic N) is 2. The van der Waals surface area contributed by atoms with E-state index in [1.54, 1.807) is 18.2 Å². The summed E-state index contributed by atoms with van der Waals surface area (Å²) in [5.41, 5.74) is -0.261. The average molecular weight is 368 g/mol. The molecule has 2 aromatic carbocycles. The molecule has 0 atom stereocenters. The first-order chi connectivity index (χ1) is 11.6. The van der Waals surface area contributed by atoms with Crippen molar-refractivity contribution < 1.29 is 21.6 Å². The SMILES string of the molecule is CN(Cc1ccccc1C(F)(F)F)S(=O)(=O)Cc1cccc(C#N)c1. The number of nitriles is 1. The monoisotopic (exact) mass is 368 g/mol. The van der Waals surface area contributed by atoms with Crippen molar-refractivity contribution in [2.45, 2.75) is 18.5 Å². The molecule has 0 saturated carbocycles. The van der Waals surface area contributed by atoms with Crippen LogP contribution >= 0.6 is 0 Å². The number of hydrogen-bond donors (Lipinski definition) is 0. The fourth-order valence-electron chi connectivity index (χ4n) is 2.32. The highest BCUT2D eigenvalue weighted by molar-refractivity contribution is 7.88. The third-order valence-corrected chi connectivity index (χ3v) is 5.37. The first-order valence-corrected chi connectivity index (χ1v) is 8.82. The molecule has 0 spiro atoms. The van der Waals surface area contributed by atoms with E-state index in [2.05, 4.69) is 0 Å². The van der Waals surface area contributed by atoms with Gasteiger partial charge in [0.2, 0.25) is 10.0 Å². The van der Waals surface area contributed by atoms with Gasteiger partial charge in [0.1, 0.15) is 0 Å². The Bertz CT molecular complexity index is 903. The van der Waals surface area contributed by atoms with Gasteiger partial charge < -0.3 is 0 Å². The van der Waals surface area contributed by atoms with Gasteiger partial charge in [-0.1, -0.05) is 30.3 Å². The van der Waals surface area contributed by atoms with Crippen molar-refractivity contribution in [3.63, 3.8) is 0 Å². The van der Waals surface area contributed by atoms with Crippen molar-refractivity contribution in [2.75, 3.05) is 7.05 Å². The van der Waals surface area contributed by atoms with Crippen LogP contribution in [0.4, 0.5) is 13.2 Å². The number of rotatable bonds is 5. The predicted molar refractivity (Wildman–Crippen MR) is 86.7 cm³/mol. The second-order valence-corrected chi connectivity index (χ2v) is 7.56. The summed E-state index contributed by atoms with van der Waals surface area (Å²) in [4.78, 5) is 0. The Hall–Kier alpha value is -2.37.